The molecule has 1 fully saturated rings. The highest BCUT2D eigenvalue weighted by Gasteiger charge is 2.56. The molecule has 9 heteroatoms. The van der Waals surface area contributed by atoms with E-state index < -0.39 is 48.4 Å². The molecule has 35 heavy (non-hydrogen) atoms. The van der Waals surface area contributed by atoms with Crippen molar-refractivity contribution in [3.8, 4) is 5.75 Å². The van der Waals surface area contributed by atoms with Crippen LogP contribution in [0.1, 0.15) is 51.5 Å². The first kappa shape index (κ1) is 26.9. The van der Waals surface area contributed by atoms with Crippen molar-refractivity contribution in [1.29, 1.82) is 0 Å². The number of hydrogen-bond acceptors (Lipinski definition) is 7. The molecule has 1 aliphatic heterocycles. The maximum Gasteiger partial charge on any atom is 0.423 e. The number of amides is 3. The number of phenolic OH excluding ortho intramolecular Hbond substituents is 1. The SMILES string of the molecule is CCC/C(=C\c1ccc(O)cc1Cl)CC[C@@H](O)C1=C(C)C[C@H]2C(=O)N(C(=O)OC)C(=O)[C@H]2[C@H]1CO. The van der Waals surface area contributed by atoms with Crippen molar-refractivity contribution in [2.75, 3.05) is 13.7 Å². The molecule has 1 aliphatic carbocycles. The number of halogens is 1. The van der Waals surface area contributed by atoms with Gasteiger partial charge < -0.3 is 20.1 Å². The van der Waals surface area contributed by atoms with Crippen molar-refractivity contribution in [2.45, 2.75) is 52.1 Å². The maximum absolute atomic E-state index is 13.0. The number of carbonyl (C=O) groups excluding carboxylic acids is 3. The summed E-state index contributed by atoms with van der Waals surface area (Å²) < 4.78 is 4.59. The average molecular weight is 506 g/mol. The van der Waals surface area contributed by atoms with E-state index in [0.29, 0.717) is 28.3 Å². The second-order valence-corrected chi connectivity index (χ2v) is 9.56. The smallest absolute Gasteiger partial charge is 0.423 e. The summed E-state index contributed by atoms with van der Waals surface area (Å²) >= 11 is 6.25. The van der Waals surface area contributed by atoms with Gasteiger partial charge in [0.15, 0.2) is 0 Å². The topological polar surface area (TPSA) is 124 Å². The largest absolute Gasteiger partial charge is 0.508 e. The van der Waals surface area contributed by atoms with Gasteiger partial charge in [-0.3, -0.25) is 9.59 Å². The number of aliphatic hydroxyl groups is 2. The van der Waals surface area contributed by atoms with Gasteiger partial charge in [-0.2, -0.15) is 4.90 Å². The Morgan fingerprint density at radius 1 is 1.29 bits per heavy atom. The molecule has 2 aliphatic rings. The number of aromatic hydroxyl groups is 1. The van der Waals surface area contributed by atoms with Crippen molar-refractivity contribution in [2.24, 2.45) is 17.8 Å². The number of carbonyl (C=O) groups is 3. The standard InChI is InChI=1S/C26H32ClNO7/c1-4-5-15(11-16-7-8-17(30)12-20(16)27)6-9-21(31)22-14(2)10-18-23(19(22)13-29)25(33)28(24(18)32)26(34)35-3/h7-8,11-12,18-19,21,23,29-31H,4-6,9-10,13H2,1-3H3/b15-11+/t18-,19+,21-,23-/m1/s1. The van der Waals surface area contributed by atoms with Gasteiger partial charge in [-0.05, 0) is 61.9 Å². The van der Waals surface area contributed by atoms with Crippen LogP contribution in [0.25, 0.3) is 6.08 Å². The maximum atomic E-state index is 13.0. The number of allylic oxidation sites excluding steroid dienone is 2. The number of fused-ring (bicyclic) bond motifs is 1. The minimum absolute atomic E-state index is 0.0818. The molecule has 3 amide bonds. The van der Waals surface area contributed by atoms with Crippen LogP contribution in [0.4, 0.5) is 4.79 Å². The van der Waals surface area contributed by atoms with Crippen LogP contribution in [-0.2, 0) is 14.3 Å². The lowest BCUT2D eigenvalue weighted by Crippen LogP contribution is -2.39. The number of aliphatic hydroxyl groups excluding tert-OH is 2. The number of rotatable bonds is 8. The minimum Gasteiger partial charge on any atom is -0.508 e. The van der Waals surface area contributed by atoms with Crippen molar-refractivity contribution in [1.82, 2.24) is 4.90 Å². The van der Waals surface area contributed by atoms with Gasteiger partial charge in [-0.15, -0.1) is 0 Å². The Morgan fingerprint density at radius 2 is 2.00 bits per heavy atom. The van der Waals surface area contributed by atoms with Gasteiger partial charge in [0.05, 0.1) is 36.7 Å². The Bertz CT molecular complexity index is 1060. The molecule has 3 rings (SSSR count). The third-order valence-electron chi connectivity index (χ3n) is 6.90. The van der Waals surface area contributed by atoms with E-state index in [0.717, 1.165) is 36.7 Å². The first-order chi connectivity index (χ1) is 16.6. The van der Waals surface area contributed by atoms with Crippen molar-refractivity contribution in [3.05, 3.63) is 45.5 Å². The summed E-state index contributed by atoms with van der Waals surface area (Å²) in [5.74, 6) is -3.68. The Kier molecular flexibility index (Phi) is 8.74. The monoisotopic (exact) mass is 505 g/mol. The van der Waals surface area contributed by atoms with Gasteiger partial charge in [-0.25, -0.2) is 4.79 Å². The second-order valence-electron chi connectivity index (χ2n) is 9.16. The normalized spacial score (nSPS) is 23.5. The number of benzene rings is 1. The lowest BCUT2D eigenvalue weighted by atomic mass is 9.68. The fourth-order valence-corrected chi connectivity index (χ4v) is 5.54. The van der Waals surface area contributed by atoms with E-state index in [4.69, 9.17) is 11.6 Å². The van der Waals surface area contributed by atoms with Gasteiger partial charge >= 0.3 is 6.09 Å². The fraction of sp³-hybridized carbons (Fsp3) is 0.500. The molecule has 0 radical (unpaired) electrons. The molecule has 0 saturated carbocycles. The third kappa shape index (κ3) is 5.44. The van der Waals surface area contributed by atoms with Gasteiger partial charge in [0, 0.05) is 5.92 Å². The molecule has 8 nitrogen and oxygen atoms in total. The molecular formula is C26H32ClNO7. The van der Waals surface area contributed by atoms with Gasteiger partial charge in [-0.1, -0.05) is 42.2 Å². The summed E-state index contributed by atoms with van der Waals surface area (Å²) in [6.07, 6.45) is 2.80. The zero-order chi connectivity index (χ0) is 25.9. The van der Waals surface area contributed by atoms with Crippen molar-refractivity contribution >= 4 is 35.6 Å². The predicted octanol–water partition coefficient (Wildman–Crippen LogP) is 4.07. The molecule has 3 N–H and O–H groups in total. The summed E-state index contributed by atoms with van der Waals surface area (Å²) in [5, 5.41) is 31.4. The Labute approximate surface area is 209 Å². The molecule has 0 bridgehead atoms. The number of hydrogen-bond donors (Lipinski definition) is 3. The summed E-state index contributed by atoms with van der Waals surface area (Å²) in [5.41, 5.74) is 3.13. The first-order valence-corrected chi connectivity index (χ1v) is 12.1. The van der Waals surface area contributed by atoms with Crippen LogP contribution in [0.2, 0.25) is 5.02 Å². The van der Waals surface area contributed by atoms with E-state index in [-0.39, 0.29) is 12.2 Å². The van der Waals surface area contributed by atoms with Gasteiger partial charge in [0.2, 0.25) is 11.8 Å². The molecule has 1 heterocycles. The van der Waals surface area contributed by atoms with E-state index >= 15 is 0 Å². The lowest BCUT2D eigenvalue weighted by molar-refractivity contribution is -0.137. The number of ether oxygens (including phenoxy) is 1. The zero-order valence-electron chi connectivity index (χ0n) is 20.2. The van der Waals surface area contributed by atoms with Crippen molar-refractivity contribution in [3.63, 3.8) is 0 Å². The summed E-state index contributed by atoms with van der Waals surface area (Å²) in [7, 11) is 1.10. The quantitative estimate of drug-likeness (QED) is 0.359. The zero-order valence-corrected chi connectivity index (χ0v) is 20.9. The van der Waals surface area contributed by atoms with Crippen LogP contribution in [-0.4, -0.2) is 57.9 Å². The van der Waals surface area contributed by atoms with Crippen LogP contribution in [0, 0.1) is 17.8 Å². The molecule has 0 unspecified atom stereocenters. The highest BCUT2D eigenvalue weighted by molar-refractivity contribution is 6.32. The number of methoxy groups -OCH3 is 1. The molecule has 1 aromatic carbocycles. The van der Waals surface area contributed by atoms with Crippen LogP contribution in [0.5, 0.6) is 5.75 Å². The summed E-state index contributed by atoms with van der Waals surface area (Å²) in [6, 6.07) is 4.77. The highest BCUT2D eigenvalue weighted by Crippen LogP contribution is 2.46. The Morgan fingerprint density at radius 3 is 2.60 bits per heavy atom. The van der Waals surface area contributed by atoms with E-state index in [2.05, 4.69) is 4.74 Å². The Hall–Kier alpha value is -2.68. The van der Waals surface area contributed by atoms with Crippen LogP contribution >= 0.6 is 11.6 Å². The fourth-order valence-electron chi connectivity index (χ4n) is 5.31. The Balaban J connectivity index is 1.82. The second kappa shape index (κ2) is 11.4. The molecule has 0 aromatic heterocycles. The number of phenols is 1. The average Bonchev–Trinajstić information content (AvgIpc) is 3.07. The molecular weight excluding hydrogens is 474 g/mol. The van der Waals surface area contributed by atoms with Gasteiger partial charge in [0.1, 0.15) is 5.75 Å². The number of nitrogens with zero attached hydrogens (tertiary/aromatic N) is 1. The molecule has 1 aromatic rings. The van der Waals surface area contributed by atoms with E-state index in [1.165, 1.54) is 6.07 Å². The summed E-state index contributed by atoms with van der Waals surface area (Å²) in [4.78, 5) is 38.2. The lowest BCUT2D eigenvalue weighted by Gasteiger charge is -2.35. The number of likely N-dealkylation sites (tertiary alicyclic amines) is 1. The van der Waals surface area contributed by atoms with Crippen LogP contribution in [0.3, 0.4) is 0 Å². The molecule has 190 valence electrons. The third-order valence-corrected chi connectivity index (χ3v) is 7.22. The molecule has 1 saturated heterocycles. The van der Waals surface area contributed by atoms with E-state index in [1.807, 2.05) is 13.0 Å². The summed E-state index contributed by atoms with van der Waals surface area (Å²) in [6.45, 7) is 3.41. The van der Waals surface area contributed by atoms with E-state index in [1.54, 1.807) is 19.1 Å². The van der Waals surface area contributed by atoms with Gasteiger partial charge in [0.25, 0.3) is 0 Å². The predicted molar refractivity (Wildman–Crippen MR) is 130 cm³/mol. The number of imide groups is 3. The van der Waals surface area contributed by atoms with Crippen LogP contribution < -0.4 is 0 Å². The minimum atomic E-state index is -1.03. The van der Waals surface area contributed by atoms with Crippen molar-refractivity contribution < 1.29 is 34.4 Å². The van der Waals surface area contributed by atoms with Crippen LogP contribution in [0.15, 0.2) is 34.9 Å². The molecule has 4 atom stereocenters. The first-order valence-electron chi connectivity index (χ1n) is 11.8. The highest BCUT2D eigenvalue weighted by atomic mass is 35.5. The van der Waals surface area contributed by atoms with E-state index in [9.17, 15) is 29.7 Å². The molecule has 0 spiro atoms.